The zero-order chi connectivity index (χ0) is 21.0. The lowest BCUT2D eigenvalue weighted by Gasteiger charge is -2.26. The van der Waals surface area contributed by atoms with Gasteiger partial charge in [-0.25, -0.2) is 8.42 Å². The molecule has 0 spiro atoms. The topological polar surface area (TPSA) is 110 Å². The van der Waals surface area contributed by atoms with Crippen LogP contribution in [0.15, 0.2) is 45.9 Å². The summed E-state index contributed by atoms with van der Waals surface area (Å²) in [6, 6.07) is 7.85. The number of rotatable bonds is 7. The number of hydrogen-bond donors (Lipinski definition) is 2. The van der Waals surface area contributed by atoms with Crippen molar-refractivity contribution >= 4 is 27.3 Å². The van der Waals surface area contributed by atoms with Gasteiger partial charge in [0.05, 0.1) is 41.9 Å². The molecule has 0 saturated carbocycles. The quantitative estimate of drug-likeness (QED) is 0.686. The molecule has 2 aliphatic rings. The number of ether oxygens (including phenoxy) is 2. The molecule has 0 radical (unpaired) electrons. The molecule has 30 heavy (non-hydrogen) atoms. The Morgan fingerprint density at radius 1 is 1.13 bits per heavy atom. The van der Waals surface area contributed by atoms with Gasteiger partial charge in [-0.05, 0) is 43.2 Å². The van der Waals surface area contributed by atoms with Crippen molar-refractivity contribution in [3.05, 3.63) is 42.4 Å². The van der Waals surface area contributed by atoms with Gasteiger partial charge in [-0.3, -0.25) is 4.79 Å². The van der Waals surface area contributed by atoms with Crippen molar-refractivity contribution < 1.29 is 27.1 Å². The summed E-state index contributed by atoms with van der Waals surface area (Å²) < 4.78 is 43.5. The van der Waals surface area contributed by atoms with Crippen molar-refractivity contribution in [2.45, 2.75) is 23.8 Å². The number of carbonyl (C=O) groups excluding carboxylic acids is 1. The second-order valence-corrected chi connectivity index (χ2v) is 9.11. The largest absolute Gasteiger partial charge is 0.459 e. The van der Waals surface area contributed by atoms with Gasteiger partial charge in [0, 0.05) is 26.2 Å². The van der Waals surface area contributed by atoms with Gasteiger partial charge < -0.3 is 24.5 Å². The summed E-state index contributed by atoms with van der Waals surface area (Å²) in [7, 11) is -3.70. The Balaban J connectivity index is 1.59. The van der Waals surface area contributed by atoms with E-state index in [4.69, 9.17) is 13.9 Å². The van der Waals surface area contributed by atoms with Crippen LogP contribution in [-0.2, 0) is 19.5 Å². The Bertz CT molecular complexity index is 964. The molecular weight excluding hydrogens is 410 g/mol. The average molecular weight is 436 g/mol. The minimum atomic E-state index is -3.70. The molecular formula is C20H25N3O6S. The molecule has 2 aliphatic heterocycles. The van der Waals surface area contributed by atoms with E-state index in [-0.39, 0.29) is 16.8 Å². The average Bonchev–Trinajstić information content (AvgIpc) is 3.47. The van der Waals surface area contributed by atoms with Gasteiger partial charge in [-0.1, -0.05) is 0 Å². The van der Waals surface area contributed by atoms with Crippen LogP contribution in [0.25, 0.3) is 0 Å². The Morgan fingerprint density at radius 2 is 1.97 bits per heavy atom. The highest BCUT2D eigenvalue weighted by Crippen LogP contribution is 2.29. The fourth-order valence-electron chi connectivity index (χ4n) is 3.50. The molecule has 1 aromatic carbocycles. The van der Waals surface area contributed by atoms with Crippen molar-refractivity contribution in [2.75, 3.05) is 50.1 Å². The van der Waals surface area contributed by atoms with Crippen LogP contribution in [0.3, 0.4) is 0 Å². The zero-order valence-corrected chi connectivity index (χ0v) is 17.3. The SMILES string of the molecule is O=C(Nc1cc(S(=O)(=O)N2CCOCC2)ccc1NCC1CCCO1)c1ccco1. The Labute approximate surface area is 175 Å². The first-order valence-corrected chi connectivity index (χ1v) is 11.4. The maximum atomic E-state index is 13.0. The lowest BCUT2D eigenvalue weighted by Crippen LogP contribution is -2.40. The molecule has 3 heterocycles. The summed E-state index contributed by atoms with van der Waals surface area (Å²) in [5.74, 6) is -0.317. The van der Waals surface area contributed by atoms with Crippen molar-refractivity contribution in [2.24, 2.45) is 0 Å². The molecule has 10 heteroatoms. The van der Waals surface area contributed by atoms with Crippen LogP contribution in [0.4, 0.5) is 11.4 Å². The van der Waals surface area contributed by atoms with E-state index in [0.29, 0.717) is 44.2 Å². The number of benzene rings is 1. The van der Waals surface area contributed by atoms with Gasteiger partial charge in [0.15, 0.2) is 5.76 Å². The number of hydrogen-bond acceptors (Lipinski definition) is 7. The van der Waals surface area contributed by atoms with Crippen LogP contribution >= 0.6 is 0 Å². The normalized spacial score (nSPS) is 20.2. The molecule has 1 unspecified atom stereocenters. The molecule has 0 bridgehead atoms. The van der Waals surface area contributed by atoms with Crippen molar-refractivity contribution in [3.63, 3.8) is 0 Å². The van der Waals surface area contributed by atoms with Crippen LogP contribution in [-0.4, -0.2) is 64.2 Å². The van der Waals surface area contributed by atoms with Crippen LogP contribution in [0.5, 0.6) is 0 Å². The van der Waals surface area contributed by atoms with E-state index in [2.05, 4.69) is 10.6 Å². The predicted octanol–water partition coefficient (Wildman–Crippen LogP) is 2.14. The van der Waals surface area contributed by atoms with E-state index in [1.807, 2.05) is 0 Å². The summed E-state index contributed by atoms with van der Waals surface area (Å²) in [5.41, 5.74) is 0.982. The maximum Gasteiger partial charge on any atom is 0.291 e. The zero-order valence-electron chi connectivity index (χ0n) is 16.5. The molecule has 9 nitrogen and oxygen atoms in total. The predicted molar refractivity (Wildman–Crippen MR) is 110 cm³/mol. The van der Waals surface area contributed by atoms with Gasteiger partial charge >= 0.3 is 0 Å². The number of nitrogens with one attached hydrogen (secondary N) is 2. The summed E-state index contributed by atoms with van der Waals surface area (Å²) in [6.45, 7) is 2.64. The molecule has 0 aliphatic carbocycles. The van der Waals surface area contributed by atoms with Crippen molar-refractivity contribution in [1.82, 2.24) is 4.31 Å². The van der Waals surface area contributed by atoms with E-state index in [1.165, 1.54) is 16.6 Å². The van der Waals surface area contributed by atoms with Gasteiger partial charge in [0.25, 0.3) is 5.91 Å². The van der Waals surface area contributed by atoms with Crippen molar-refractivity contribution in [1.29, 1.82) is 0 Å². The Kier molecular flexibility index (Phi) is 6.38. The van der Waals surface area contributed by atoms with E-state index in [1.54, 1.807) is 24.3 Å². The Hall–Kier alpha value is -2.40. The molecule has 2 aromatic rings. The first kappa shape index (κ1) is 20.9. The molecule has 1 aromatic heterocycles. The number of nitrogens with zero attached hydrogens (tertiary/aromatic N) is 1. The molecule has 4 rings (SSSR count). The number of carbonyl (C=O) groups is 1. The summed E-state index contributed by atoms with van der Waals surface area (Å²) >= 11 is 0. The molecule has 2 fully saturated rings. The molecule has 2 saturated heterocycles. The minimum Gasteiger partial charge on any atom is -0.459 e. The fraction of sp³-hybridized carbons (Fsp3) is 0.450. The molecule has 162 valence electrons. The van der Waals surface area contributed by atoms with Crippen LogP contribution in [0.1, 0.15) is 23.4 Å². The number of amides is 1. The third-order valence-electron chi connectivity index (χ3n) is 5.14. The smallest absolute Gasteiger partial charge is 0.291 e. The van der Waals surface area contributed by atoms with E-state index < -0.39 is 15.9 Å². The first-order chi connectivity index (χ1) is 14.5. The van der Waals surface area contributed by atoms with Crippen LogP contribution < -0.4 is 10.6 Å². The second kappa shape index (κ2) is 9.17. The highest BCUT2D eigenvalue weighted by Gasteiger charge is 2.27. The van der Waals surface area contributed by atoms with Gasteiger partial charge in [0.2, 0.25) is 10.0 Å². The van der Waals surface area contributed by atoms with E-state index in [9.17, 15) is 13.2 Å². The van der Waals surface area contributed by atoms with Gasteiger partial charge in [-0.2, -0.15) is 4.31 Å². The standard InChI is InChI=1S/C20H25N3O6S/c24-20(19-4-2-10-29-19)22-18-13-16(30(25,26)23-7-11-27-12-8-23)5-6-17(18)21-14-15-3-1-9-28-15/h2,4-6,10,13,15,21H,1,3,7-9,11-12,14H2,(H,22,24). The maximum absolute atomic E-state index is 13.0. The molecule has 2 N–H and O–H groups in total. The van der Waals surface area contributed by atoms with E-state index in [0.717, 1.165) is 19.4 Å². The number of morpholine rings is 1. The van der Waals surface area contributed by atoms with Crippen LogP contribution in [0.2, 0.25) is 0 Å². The van der Waals surface area contributed by atoms with Gasteiger partial charge in [0.1, 0.15) is 0 Å². The highest BCUT2D eigenvalue weighted by molar-refractivity contribution is 7.89. The minimum absolute atomic E-state index is 0.0929. The number of sulfonamides is 1. The molecule has 1 atom stereocenters. The third-order valence-corrected chi connectivity index (χ3v) is 7.03. The second-order valence-electron chi connectivity index (χ2n) is 7.17. The lowest BCUT2D eigenvalue weighted by atomic mass is 10.2. The molecule has 1 amide bonds. The highest BCUT2D eigenvalue weighted by atomic mass is 32.2. The summed E-state index contributed by atoms with van der Waals surface area (Å²) in [4.78, 5) is 12.6. The first-order valence-electron chi connectivity index (χ1n) is 9.96. The summed E-state index contributed by atoms with van der Waals surface area (Å²) in [5, 5.41) is 6.03. The van der Waals surface area contributed by atoms with E-state index >= 15 is 0 Å². The number of anilines is 2. The monoisotopic (exact) mass is 435 g/mol. The summed E-state index contributed by atoms with van der Waals surface area (Å²) in [6.07, 6.45) is 3.48. The lowest BCUT2D eigenvalue weighted by molar-refractivity contribution is 0.0730. The Morgan fingerprint density at radius 3 is 2.67 bits per heavy atom. The van der Waals surface area contributed by atoms with Crippen LogP contribution in [0, 0.1) is 0 Å². The van der Waals surface area contributed by atoms with Gasteiger partial charge in [-0.15, -0.1) is 0 Å². The fourth-order valence-corrected chi connectivity index (χ4v) is 4.93. The third kappa shape index (κ3) is 4.67. The number of furan rings is 1. The van der Waals surface area contributed by atoms with Crippen molar-refractivity contribution in [3.8, 4) is 0 Å².